The number of nitrogens with one attached hydrogen (secondary N) is 1. The van der Waals surface area contributed by atoms with Crippen LogP contribution in [0.1, 0.15) is 22.8 Å². The van der Waals surface area contributed by atoms with E-state index in [0.717, 1.165) is 28.6 Å². The number of hydrogen-bond acceptors (Lipinski definition) is 5. The largest absolute Gasteiger partial charge is 0.383 e. The molecule has 0 saturated heterocycles. The van der Waals surface area contributed by atoms with Crippen molar-refractivity contribution in [2.24, 2.45) is 0 Å². The maximum atomic E-state index is 13.3. The lowest BCUT2D eigenvalue weighted by Gasteiger charge is -2.29. The molecule has 3 aromatic rings. The summed E-state index contributed by atoms with van der Waals surface area (Å²) in [6.45, 7) is 9.69. The monoisotopic (exact) mass is 433 g/mol. The summed E-state index contributed by atoms with van der Waals surface area (Å²) in [6, 6.07) is 7.76. The fourth-order valence-electron chi connectivity index (χ4n) is 3.86. The van der Waals surface area contributed by atoms with Gasteiger partial charge in [-0.1, -0.05) is 36.4 Å². The molecule has 2 aromatic heterocycles. The van der Waals surface area contributed by atoms with Crippen molar-refractivity contribution >= 4 is 16.8 Å². The molecular weight excluding hydrogens is 402 g/mol. The zero-order valence-corrected chi connectivity index (χ0v) is 19.2. The number of carbonyl (C=O) groups is 1. The van der Waals surface area contributed by atoms with Crippen molar-refractivity contribution in [3.8, 4) is 5.95 Å². The molecule has 7 heteroatoms. The molecule has 1 amide bonds. The van der Waals surface area contributed by atoms with Gasteiger partial charge in [-0.05, 0) is 38.6 Å². The average molecular weight is 434 g/mol. The van der Waals surface area contributed by atoms with E-state index in [4.69, 9.17) is 4.74 Å². The lowest BCUT2D eigenvalue weighted by atomic mass is 10.1. The van der Waals surface area contributed by atoms with Crippen LogP contribution in [0.3, 0.4) is 0 Å². The summed E-state index contributed by atoms with van der Waals surface area (Å²) in [6.07, 6.45) is 8.95. The van der Waals surface area contributed by atoms with Crippen LogP contribution in [0.2, 0.25) is 0 Å². The molecule has 0 aliphatic carbocycles. The standard InChI is InChI=1S/C25H31N5O2/c1-6-9-18(2)22(29(4)14-15-32-5)16-28-24(31)20-17-30(25-26-12-8-13-27-25)21-11-7-10-19(3)23(20)21/h6-13,17,22H,1,14-16H2,2-5H3,(H,28,31). The number of fused-ring (bicyclic) bond motifs is 1. The van der Waals surface area contributed by atoms with E-state index in [0.29, 0.717) is 24.7 Å². The van der Waals surface area contributed by atoms with Crippen molar-refractivity contribution in [2.45, 2.75) is 19.9 Å². The summed E-state index contributed by atoms with van der Waals surface area (Å²) in [5, 5.41) is 4.03. The van der Waals surface area contributed by atoms with Gasteiger partial charge in [0.05, 0.1) is 17.7 Å². The quantitative estimate of drug-likeness (QED) is 0.495. The Morgan fingerprint density at radius 1 is 1.31 bits per heavy atom. The van der Waals surface area contributed by atoms with E-state index in [9.17, 15) is 4.79 Å². The fourth-order valence-corrected chi connectivity index (χ4v) is 3.86. The second-order valence-electron chi connectivity index (χ2n) is 7.78. The van der Waals surface area contributed by atoms with Crippen LogP contribution in [-0.4, -0.2) is 65.2 Å². The van der Waals surface area contributed by atoms with Crippen LogP contribution >= 0.6 is 0 Å². The molecule has 1 aromatic carbocycles. The van der Waals surface area contributed by atoms with E-state index in [1.807, 2.05) is 55.9 Å². The lowest BCUT2D eigenvalue weighted by Crippen LogP contribution is -2.44. The molecular formula is C25H31N5O2. The number of allylic oxidation sites excluding steroid dienone is 2. The number of likely N-dealkylation sites (N-methyl/N-ethyl adjacent to an activating group) is 1. The molecule has 0 saturated carbocycles. The first-order valence-corrected chi connectivity index (χ1v) is 10.6. The highest BCUT2D eigenvalue weighted by Crippen LogP contribution is 2.26. The van der Waals surface area contributed by atoms with E-state index in [2.05, 4.69) is 26.8 Å². The molecule has 168 valence electrons. The number of benzene rings is 1. The van der Waals surface area contributed by atoms with Crippen LogP contribution in [0, 0.1) is 6.92 Å². The molecule has 2 heterocycles. The smallest absolute Gasteiger partial charge is 0.253 e. The Kier molecular flexibility index (Phi) is 7.92. The third-order valence-electron chi connectivity index (χ3n) is 5.59. The van der Waals surface area contributed by atoms with Crippen molar-refractivity contribution in [2.75, 3.05) is 33.9 Å². The Balaban J connectivity index is 1.91. The molecule has 3 rings (SSSR count). The van der Waals surface area contributed by atoms with Gasteiger partial charge in [0.2, 0.25) is 5.95 Å². The average Bonchev–Trinajstić information content (AvgIpc) is 3.19. The zero-order valence-electron chi connectivity index (χ0n) is 19.2. The molecule has 1 atom stereocenters. The highest BCUT2D eigenvalue weighted by Gasteiger charge is 2.21. The minimum Gasteiger partial charge on any atom is -0.383 e. The maximum Gasteiger partial charge on any atom is 0.253 e. The van der Waals surface area contributed by atoms with Gasteiger partial charge < -0.3 is 10.1 Å². The summed E-state index contributed by atoms with van der Waals surface area (Å²) >= 11 is 0. The first-order valence-electron chi connectivity index (χ1n) is 10.6. The van der Waals surface area contributed by atoms with Crippen LogP contribution in [0.15, 0.2) is 67.2 Å². The molecule has 0 aliphatic rings. The van der Waals surface area contributed by atoms with E-state index in [-0.39, 0.29) is 11.9 Å². The number of aryl methyl sites for hydroxylation is 1. The van der Waals surface area contributed by atoms with Gasteiger partial charge in [-0.15, -0.1) is 0 Å². The van der Waals surface area contributed by atoms with Gasteiger partial charge in [-0.25, -0.2) is 9.97 Å². The van der Waals surface area contributed by atoms with Gasteiger partial charge in [0.25, 0.3) is 5.91 Å². The third kappa shape index (κ3) is 5.12. The van der Waals surface area contributed by atoms with Crippen LogP contribution < -0.4 is 5.32 Å². The first kappa shape index (κ1) is 23.4. The zero-order chi connectivity index (χ0) is 23.1. The summed E-state index contributed by atoms with van der Waals surface area (Å²) in [4.78, 5) is 24.2. The highest BCUT2D eigenvalue weighted by atomic mass is 16.5. The first-order chi connectivity index (χ1) is 15.5. The minimum atomic E-state index is -0.129. The Morgan fingerprint density at radius 2 is 2.06 bits per heavy atom. The normalized spacial score (nSPS) is 12.8. The SMILES string of the molecule is C=CC=C(C)C(CNC(=O)c1cn(-c2ncccn2)c2cccc(C)c12)N(C)CCOC. The van der Waals surface area contributed by atoms with Crippen molar-refractivity contribution in [1.29, 1.82) is 0 Å². The number of ether oxygens (including phenoxy) is 1. The Bertz CT molecular complexity index is 1100. The van der Waals surface area contributed by atoms with Gasteiger partial charge in [0.1, 0.15) is 0 Å². The fraction of sp³-hybridized carbons (Fsp3) is 0.320. The Hall–Kier alpha value is -3.29. The molecule has 32 heavy (non-hydrogen) atoms. The Morgan fingerprint density at radius 3 is 2.75 bits per heavy atom. The molecule has 0 bridgehead atoms. The van der Waals surface area contributed by atoms with E-state index in [1.165, 1.54) is 0 Å². The number of nitrogens with zero attached hydrogens (tertiary/aromatic N) is 4. The van der Waals surface area contributed by atoms with Gasteiger partial charge in [-0.3, -0.25) is 14.3 Å². The number of methoxy groups -OCH3 is 1. The minimum absolute atomic E-state index is 0.0269. The van der Waals surface area contributed by atoms with Gasteiger partial charge in [-0.2, -0.15) is 0 Å². The number of amides is 1. The summed E-state index contributed by atoms with van der Waals surface area (Å²) in [7, 11) is 3.71. The lowest BCUT2D eigenvalue weighted by molar-refractivity contribution is 0.0938. The van der Waals surface area contributed by atoms with Crippen molar-refractivity contribution in [1.82, 2.24) is 24.8 Å². The van der Waals surface area contributed by atoms with Crippen LogP contribution in [-0.2, 0) is 4.74 Å². The van der Waals surface area contributed by atoms with E-state index < -0.39 is 0 Å². The molecule has 0 aliphatic heterocycles. The predicted molar refractivity (Wildman–Crippen MR) is 128 cm³/mol. The molecule has 1 N–H and O–H groups in total. The van der Waals surface area contributed by atoms with Crippen molar-refractivity contribution in [3.63, 3.8) is 0 Å². The van der Waals surface area contributed by atoms with Gasteiger partial charge in [0, 0.05) is 50.2 Å². The topological polar surface area (TPSA) is 72.3 Å². The summed E-state index contributed by atoms with van der Waals surface area (Å²) in [5.74, 6) is 0.402. The second-order valence-corrected chi connectivity index (χ2v) is 7.78. The van der Waals surface area contributed by atoms with Crippen LogP contribution in [0.4, 0.5) is 0 Å². The number of aromatic nitrogens is 3. The number of hydrogen-bond donors (Lipinski definition) is 1. The number of carbonyl (C=O) groups excluding carboxylic acids is 1. The third-order valence-corrected chi connectivity index (χ3v) is 5.59. The molecule has 0 fully saturated rings. The molecule has 0 spiro atoms. The highest BCUT2D eigenvalue weighted by molar-refractivity contribution is 6.08. The second kappa shape index (κ2) is 10.8. The molecule has 7 nitrogen and oxygen atoms in total. The van der Waals surface area contributed by atoms with E-state index >= 15 is 0 Å². The van der Waals surface area contributed by atoms with Gasteiger partial charge >= 0.3 is 0 Å². The van der Waals surface area contributed by atoms with Crippen LogP contribution in [0.25, 0.3) is 16.9 Å². The van der Waals surface area contributed by atoms with Crippen molar-refractivity contribution in [3.05, 3.63) is 78.3 Å². The number of rotatable bonds is 10. The molecule has 0 radical (unpaired) electrons. The summed E-state index contributed by atoms with van der Waals surface area (Å²) in [5.41, 5.74) is 3.65. The van der Waals surface area contributed by atoms with Crippen LogP contribution in [0.5, 0.6) is 0 Å². The maximum absolute atomic E-state index is 13.3. The van der Waals surface area contributed by atoms with E-state index in [1.54, 1.807) is 31.6 Å². The Labute approximate surface area is 189 Å². The summed E-state index contributed by atoms with van der Waals surface area (Å²) < 4.78 is 7.08. The van der Waals surface area contributed by atoms with Crippen molar-refractivity contribution < 1.29 is 9.53 Å². The predicted octanol–water partition coefficient (Wildman–Crippen LogP) is 3.54. The van der Waals surface area contributed by atoms with Gasteiger partial charge in [0.15, 0.2) is 0 Å². The molecule has 1 unspecified atom stereocenters.